The Bertz CT molecular complexity index is 1240. The lowest BCUT2D eigenvalue weighted by Crippen LogP contribution is -2.35. The van der Waals surface area contributed by atoms with Crippen molar-refractivity contribution in [2.45, 2.75) is 51.1 Å². The molecule has 0 radical (unpaired) electrons. The molecule has 0 unspecified atom stereocenters. The molecule has 1 aromatic heterocycles. The molecule has 7 nitrogen and oxygen atoms in total. The van der Waals surface area contributed by atoms with Crippen molar-refractivity contribution in [2.24, 2.45) is 0 Å². The summed E-state index contributed by atoms with van der Waals surface area (Å²) in [6.07, 6.45) is 1.54. The van der Waals surface area contributed by atoms with E-state index in [4.69, 9.17) is 8.92 Å². The van der Waals surface area contributed by atoms with Crippen LogP contribution in [0.1, 0.15) is 59.2 Å². The highest BCUT2D eigenvalue weighted by Gasteiger charge is 2.25. The average molecular weight is 516 g/mol. The van der Waals surface area contributed by atoms with Crippen molar-refractivity contribution in [3.8, 4) is 5.75 Å². The van der Waals surface area contributed by atoms with E-state index in [1.54, 1.807) is 29.2 Å². The quantitative estimate of drug-likeness (QED) is 0.190. The number of nitrogens with zero attached hydrogens (tertiary/aromatic N) is 1. The van der Waals surface area contributed by atoms with Crippen LogP contribution in [0.3, 0.4) is 0 Å². The molecule has 0 aliphatic heterocycles. The van der Waals surface area contributed by atoms with Crippen LogP contribution in [-0.2, 0) is 21.4 Å². The first-order valence-electron chi connectivity index (χ1n) is 11.4. The van der Waals surface area contributed by atoms with Gasteiger partial charge in [0.25, 0.3) is 5.91 Å². The van der Waals surface area contributed by atoms with Crippen LogP contribution in [0, 0.1) is 0 Å². The standard InChI is InChI=1S/C26H29NO6S2/c1-4-5-16-32-26(29)22-9-6-7-11-24(22)35(30,31)33-21-14-12-20(13-15-21)18-27(19(2)3)25(28)23-10-8-17-34-23/h6-15,17,19H,4-5,16,18H2,1-3H3. The van der Waals surface area contributed by atoms with Gasteiger partial charge in [-0.15, -0.1) is 11.3 Å². The Hall–Kier alpha value is -3.17. The molecule has 35 heavy (non-hydrogen) atoms. The zero-order valence-corrected chi connectivity index (χ0v) is 21.6. The highest BCUT2D eigenvalue weighted by molar-refractivity contribution is 7.87. The molecule has 0 aliphatic rings. The number of hydrogen-bond donors (Lipinski definition) is 0. The molecule has 9 heteroatoms. The number of rotatable bonds is 11. The number of esters is 1. The van der Waals surface area contributed by atoms with Gasteiger partial charge in [-0.3, -0.25) is 4.79 Å². The van der Waals surface area contributed by atoms with Gasteiger partial charge in [-0.25, -0.2) is 4.79 Å². The minimum atomic E-state index is -4.28. The van der Waals surface area contributed by atoms with E-state index in [0.717, 1.165) is 12.0 Å². The van der Waals surface area contributed by atoms with Crippen LogP contribution in [0.5, 0.6) is 5.75 Å². The summed E-state index contributed by atoms with van der Waals surface area (Å²) in [5.41, 5.74) is 0.758. The SMILES string of the molecule is CCCCOC(=O)c1ccccc1S(=O)(=O)Oc1ccc(CN(C(=O)c2cccs2)C(C)C)cc1. The van der Waals surface area contributed by atoms with E-state index in [9.17, 15) is 18.0 Å². The van der Waals surface area contributed by atoms with Gasteiger partial charge in [-0.2, -0.15) is 8.42 Å². The third-order valence-electron chi connectivity index (χ3n) is 5.21. The second-order valence-electron chi connectivity index (χ2n) is 8.17. The number of unbranched alkanes of at least 4 members (excludes halogenated alkanes) is 1. The van der Waals surface area contributed by atoms with Crippen molar-refractivity contribution < 1.29 is 26.9 Å². The summed E-state index contributed by atoms with van der Waals surface area (Å²) >= 11 is 1.39. The van der Waals surface area contributed by atoms with Crippen LogP contribution in [-0.4, -0.2) is 37.8 Å². The zero-order valence-electron chi connectivity index (χ0n) is 20.0. The minimum absolute atomic E-state index is 0.0190. The summed E-state index contributed by atoms with van der Waals surface area (Å²) in [6.45, 7) is 6.44. The number of ether oxygens (including phenoxy) is 1. The van der Waals surface area contributed by atoms with Crippen LogP contribution in [0.4, 0.5) is 0 Å². The normalized spacial score (nSPS) is 11.3. The third kappa shape index (κ3) is 6.93. The summed E-state index contributed by atoms with van der Waals surface area (Å²) in [6, 6.07) is 15.9. The number of benzene rings is 2. The van der Waals surface area contributed by atoms with Crippen molar-refractivity contribution in [3.63, 3.8) is 0 Å². The van der Waals surface area contributed by atoms with Gasteiger partial charge in [0.15, 0.2) is 0 Å². The molecule has 0 fully saturated rings. The van der Waals surface area contributed by atoms with Crippen molar-refractivity contribution in [2.75, 3.05) is 6.61 Å². The van der Waals surface area contributed by atoms with Gasteiger partial charge in [0, 0.05) is 12.6 Å². The van der Waals surface area contributed by atoms with Crippen LogP contribution >= 0.6 is 11.3 Å². The van der Waals surface area contributed by atoms with Gasteiger partial charge in [0.2, 0.25) is 0 Å². The van der Waals surface area contributed by atoms with Crippen molar-refractivity contribution in [1.82, 2.24) is 4.90 Å². The van der Waals surface area contributed by atoms with Gasteiger partial charge in [0.1, 0.15) is 10.6 Å². The summed E-state index contributed by atoms with van der Waals surface area (Å²) in [5, 5.41) is 1.86. The maximum absolute atomic E-state index is 12.9. The van der Waals surface area contributed by atoms with E-state index < -0.39 is 16.1 Å². The summed E-state index contributed by atoms with van der Waals surface area (Å²) < 4.78 is 36.4. The maximum Gasteiger partial charge on any atom is 0.340 e. The number of amides is 1. The molecular formula is C26H29NO6S2. The topological polar surface area (TPSA) is 90.0 Å². The Morgan fingerprint density at radius 2 is 1.71 bits per heavy atom. The first-order chi connectivity index (χ1) is 16.7. The molecule has 3 rings (SSSR count). The first kappa shape index (κ1) is 26.4. The lowest BCUT2D eigenvalue weighted by molar-refractivity contribution is 0.0494. The molecule has 0 spiro atoms. The number of carbonyl (C=O) groups excluding carboxylic acids is 2. The maximum atomic E-state index is 12.9. The van der Waals surface area contributed by atoms with Gasteiger partial charge in [-0.05, 0) is 61.5 Å². The van der Waals surface area contributed by atoms with Crippen LogP contribution in [0.2, 0.25) is 0 Å². The molecule has 0 N–H and O–H groups in total. The summed E-state index contributed by atoms with van der Waals surface area (Å²) in [5.74, 6) is -0.662. The van der Waals surface area contributed by atoms with Gasteiger partial charge in [0.05, 0.1) is 17.0 Å². The first-order valence-corrected chi connectivity index (χ1v) is 13.7. The Labute approximate surface area is 210 Å². The fraction of sp³-hybridized carbons (Fsp3) is 0.308. The lowest BCUT2D eigenvalue weighted by Gasteiger charge is -2.26. The van der Waals surface area contributed by atoms with E-state index in [1.165, 1.54) is 41.7 Å². The van der Waals surface area contributed by atoms with Crippen LogP contribution < -0.4 is 4.18 Å². The lowest BCUT2D eigenvalue weighted by atomic mass is 10.1. The molecule has 0 saturated heterocycles. The molecule has 0 saturated carbocycles. The van der Waals surface area contributed by atoms with Crippen molar-refractivity contribution in [3.05, 3.63) is 82.0 Å². The Balaban J connectivity index is 1.74. The van der Waals surface area contributed by atoms with Crippen LogP contribution in [0.25, 0.3) is 0 Å². The molecule has 0 aliphatic carbocycles. The molecular weight excluding hydrogens is 486 g/mol. The van der Waals surface area contributed by atoms with E-state index in [-0.39, 0.29) is 34.8 Å². The van der Waals surface area contributed by atoms with Crippen molar-refractivity contribution in [1.29, 1.82) is 0 Å². The predicted molar refractivity (Wildman–Crippen MR) is 135 cm³/mol. The van der Waals surface area contributed by atoms with Crippen LogP contribution in [0.15, 0.2) is 70.9 Å². The monoisotopic (exact) mass is 515 g/mol. The number of hydrogen-bond acceptors (Lipinski definition) is 7. The zero-order chi connectivity index (χ0) is 25.4. The summed E-state index contributed by atoms with van der Waals surface area (Å²) in [7, 11) is -4.28. The van der Waals surface area contributed by atoms with Gasteiger partial charge >= 0.3 is 16.1 Å². The van der Waals surface area contributed by atoms with Gasteiger partial charge in [-0.1, -0.05) is 43.7 Å². The summed E-state index contributed by atoms with van der Waals surface area (Å²) in [4.78, 5) is 27.4. The fourth-order valence-electron chi connectivity index (χ4n) is 3.29. The number of carbonyl (C=O) groups is 2. The molecule has 2 aromatic carbocycles. The molecule has 1 heterocycles. The molecule has 1 amide bonds. The second-order valence-corrected chi connectivity index (χ2v) is 10.6. The highest BCUT2D eigenvalue weighted by atomic mass is 32.2. The molecule has 0 atom stereocenters. The Morgan fingerprint density at radius 3 is 2.34 bits per heavy atom. The van der Waals surface area contributed by atoms with E-state index in [0.29, 0.717) is 17.8 Å². The Kier molecular flexibility index (Phi) is 9.06. The largest absolute Gasteiger partial charge is 0.462 e. The smallest absolute Gasteiger partial charge is 0.340 e. The van der Waals surface area contributed by atoms with Crippen molar-refractivity contribution >= 4 is 33.3 Å². The molecule has 186 valence electrons. The molecule has 0 bridgehead atoms. The highest BCUT2D eigenvalue weighted by Crippen LogP contribution is 2.24. The molecule has 3 aromatic rings. The number of thiophene rings is 1. The van der Waals surface area contributed by atoms with E-state index in [1.807, 2.05) is 32.2 Å². The Morgan fingerprint density at radius 1 is 1.00 bits per heavy atom. The second kappa shape index (κ2) is 12.0. The predicted octanol–water partition coefficient (Wildman–Crippen LogP) is 5.52. The minimum Gasteiger partial charge on any atom is -0.462 e. The van der Waals surface area contributed by atoms with E-state index >= 15 is 0 Å². The average Bonchev–Trinajstić information content (AvgIpc) is 3.38. The third-order valence-corrected chi connectivity index (χ3v) is 7.37. The van der Waals surface area contributed by atoms with E-state index in [2.05, 4.69) is 0 Å². The fourth-order valence-corrected chi connectivity index (χ4v) is 5.09. The van der Waals surface area contributed by atoms with Gasteiger partial charge < -0.3 is 13.8 Å².